The Hall–Kier alpha value is -3.01. The maximum absolute atomic E-state index is 14.3. The van der Waals surface area contributed by atoms with Crippen molar-refractivity contribution in [2.75, 3.05) is 60.3 Å². The second-order valence-corrected chi connectivity index (χ2v) is 13.1. The zero-order valence-electron chi connectivity index (χ0n) is 27.6. The molecule has 3 aromatic rings. The molecule has 8 nitrogen and oxygen atoms in total. The van der Waals surface area contributed by atoms with Crippen LogP contribution in [0.25, 0.3) is 0 Å². The summed E-state index contributed by atoms with van der Waals surface area (Å²) in [7, 11) is 3.37. The number of rotatable bonds is 17. The normalized spacial score (nSPS) is 17.7. The van der Waals surface area contributed by atoms with Gasteiger partial charge in [-0.25, -0.2) is 0 Å². The van der Waals surface area contributed by atoms with Crippen molar-refractivity contribution in [3.05, 3.63) is 86.9 Å². The largest absolute Gasteiger partial charge is 0.491 e. The lowest BCUT2D eigenvalue weighted by Gasteiger charge is -2.36. The van der Waals surface area contributed by atoms with E-state index in [4.69, 9.17) is 46.9 Å². The van der Waals surface area contributed by atoms with Gasteiger partial charge in [0.05, 0.1) is 29.2 Å². The Kier molecular flexibility index (Phi) is 13.1. The van der Waals surface area contributed by atoms with E-state index in [1.54, 1.807) is 14.2 Å². The van der Waals surface area contributed by atoms with E-state index < -0.39 is 0 Å². The number of halogens is 2. The number of hydrogen-bond acceptors (Lipinski definition) is 7. The van der Waals surface area contributed by atoms with Gasteiger partial charge in [0, 0.05) is 33.4 Å². The fraction of sp³-hybridized carbons (Fsp3) is 0.486. The molecule has 0 unspecified atom stereocenters. The number of ether oxygens (including phenoxy) is 5. The molecule has 47 heavy (non-hydrogen) atoms. The molecule has 1 aliphatic carbocycles. The van der Waals surface area contributed by atoms with Crippen LogP contribution in [0.4, 0.5) is 0 Å². The van der Waals surface area contributed by atoms with Crippen LogP contribution in [0.2, 0.25) is 10.0 Å². The van der Waals surface area contributed by atoms with Crippen LogP contribution in [-0.4, -0.2) is 77.2 Å². The van der Waals surface area contributed by atoms with Crippen LogP contribution in [0.3, 0.4) is 0 Å². The first-order valence-corrected chi connectivity index (χ1v) is 17.2. The number of nitrogens with one attached hydrogen (secondary N) is 1. The minimum absolute atomic E-state index is 0.120. The van der Waals surface area contributed by atoms with E-state index in [1.807, 2.05) is 31.2 Å². The van der Waals surface area contributed by atoms with Gasteiger partial charge in [-0.3, -0.25) is 4.79 Å². The van der Waals surface area contributed by atoms with Gasteiger partial charge in [0.25, 0.3) is 0 Å². The predicted octanol–water partition coefficient (Wildman–Crippen LogP) is 6.86. The van der Waals surface area contributed by atoms with E-state index in [9.17, 15) is 4.79 Å². The van der Waals surface area contributed by atoms with Crippen molar-refractivity contribution in [2.45, 2.75) is 51.1 Å². The molecule has 0 bridgehead atoms. The highest BCUT2D eigenvalue weighted by Crippen LogP contribution is 2.37. The van der Waals surface area contributed by atoms with Crippen LogP contribution in [0.1, 0.15) is 47.4 Å². The number of aryl methyl sites for hydroxylation is 1. The van der Waals surface area contributed by atoms with Gasteiger partial charge in [-0.1, -0.05) is 41.4 Å². The molecule has 1 heterocycles. The quantitative estimate of drug-likeness (QED) is 0.156. The number of piperidine rings is 1. The Morgan fingerprint density at radius 3 is 2.17 bits per heavy atom. The SMILES string of the molecule is COCCOc1cc(CCOC)cc(CN(C(=O)[C@H]2CNCC[C@@H]2c2ccc(OCCOc3c(Cl)cc(C)cc3Cl)cc2)C2CC2)c1. The van der Waals surface area contributed by atoms with Crippen molar-refractivity contribution in [1.29, 1.82) is 0 Å². The van der Waals surface area contributed by atoms with Gasteiger partial charge in [0.15, 0.2) is 5.75 Å². The first kappa shape index (κ1) is 35.3. The summed E-state index contributed by atoms with van der Waals surface area (Å²) in [5.41, 5.74) is 4.33. The minimum atomic E-state index is -0.150. The second kappa shape index (κ2) is 17.4. The molecular weight excluding hydrogens is 639 g/mol. The Bertz CT molecular complexity index is 1440. The number of amides is 1. The van der Waals surface area contributed by atoms with E-state index in [1.165, 1.54) is 0 Å². The number of methoxy groups -OCH3 is 2. The van der Waals surface area contributed by atoms with Crippen molar-refractivity contribution in [3.63, 3.8) is 0 Å². The van der Waals surface area contributed by atoms with Gasteiger partial charge in [0.1, 0.15) is 31.3 Å². The van der Waals surface area contributed by atoms with Crippen LogP contribution >= 0.6 is 23.2 Å². The molecule has 1 saturated heterocycles. The number of nitrogens with zero attached hydrogens (tertiary/aromatic N) is 1. The zero-order chi connectivity index (χ0) is 33.2. The molecule has 1 N–H and O–H groups in total. The maximum Gasteiger partial charge on any atom is 0.228 e. The third-order valence-electron chi connectivity index (χ3n) is 8.65. The molecule has 10 heteroatoms. The van der Waals surface area contributed by atoms with Gasteiger partial charge in [0.2, 0.25) is 5.91 Å². The summed E-state index contributed by atoms with van der Waals surface area (Å²) in [6.45, 7) is 6.28. The molecule has 0 radical (unpaired) electrons. The molecule has 2 fully saturated rings. The van der Waals surface area contributed by atoms with Gasteiger partial charge in [-0.15, -0.1) is 0 Å². The topological polar surface area (TPSA) is 78.5 Å². The molecule has 1 saturated carbocycles. The summed E-state index contributed by atoms with van der Waals surface area (Å²) in [4.78, 5) is 16.4. The third kappa shape index (κ3) is 10.00. The summed E-state index contributed by atoms with van der Waals surface area (Å²) in [5, 5.41) is 4.45. The zero-order valence-corrected chi connectivity index (χ0v) is 29.1. The molecule has 2 atom stereocenters. The average molecular weight is 686 g/mol. The van der Waals surface area contributed by atoms with Gasteiger partial charge in [-0.05, 0) is 104 Å². The van der Waals surface area contributed by atoms with Crippen molar-refractivity contribution in [2.24, 2.45) is 5.92 Å². The lowest BCUT2D eigenvalue weighted by molar-refractivity contribution is -0.138. The minimum Gasteiger partial charge on any atom is -0.491 e. The Labute approximate surface area is 288 Å². The molecule has 3 aromatic carbocycles. The fourth-order valence-electron chi connectivity index (χ4n) is 6.15. The number of carbonyl (C=O) groups excluding carboxylic acids is 1. The predicted molar refractivity (Wildman–Crippen MR) is 185 cm³/mol. The fourth-order valence-corrected chi connectivity index (χ4v) is 6.85. The van der Waals surface area contributed by atoms with Crippen molar-refractivity contribution in [3.8, 4) is 17.2 Å². The summed E-state index contributed by atoms with van der Waals surface area (Å²) in [5.74, 6) is 2.18. The van der Waals surface area contributed by atoms with Crippen LogP contribution in [-0.2, 0) is 27.2 Å². The number of carbonyl (C=O) groups is 1. The van der Waals surface area contributed by atoms with Gasteiger partial charge >= 0.3 is 0 Å². The van der Waals surface area contributed by atoms with Crippen LogP contribution in [0.15, 0.2) is 54.6 Å². The second-order valence-electron chi connectivity index (χ2n) is 12.3. The van der Waals surface area contributed by atoms with Crippen molar-refractivity contribution >= 4 is 29.1 Å². The number of hydrogen-bond donors (Lipinski definition) is 1. The van der Waals surface area contributed by atoms with Crippen LogP contribution in [0, 0.1) is 12.8 Å². The number of benzene rings is 3. The van der Waals surface area contributed by atoms with Crippen LogP contribution < -0.4 is 19.5 Å². The molecule has 0 aromatic heterocycles. The monoisotopic (exact) mass is 684 g/mol. The maximum atomic E-state index is 14.3. The lowest BCUT2D eigenvalue weighted by atomic mass is 9.80. The summed E-state index contributed by atoms with van der Waals surface area (Å²) >= 11 is 12.6. The summed E-state index contributed by atoms with van der Waals surface area (Å²) < 4.78 is 28.2. The van der Waals surface area contributed by atoms with Crippen molar-refractivity contribution < 1.29 is 28.5 Å². The highest BCUT2D eigenvalue weighted by molar-refractivity contribution is 6.37. The molecule has 1 amide bonds. The highest BCUT2D eigenvalue weighted by Gasteiger charge is 2.40. The Morgan fingerprint density at radius 1 is 0.809 bits per heavy atom. The third-order valence-corrected chi connectivity index (χ3v) is 9.21. The standard InChI is InChI=1S/C37H46Cl2N2O6/c1-25-18-34(38)36(35(39)19-25)47-17-16-45-30-8-4-28(5-9-30)32-10-12-40-23-33(32)37(42)41(29-6-7-29)24-27-20-26(11-13-43-2)21-31(22-27)46-15-14-44-3/h4-5,8-9,18-22,29,32-33,40H,6-7,10-17,23-24H2,1-3H3/t32-,33+/m1/s1. The van der Waals surface area contributed by atoms with E-state index in [0.717, 1.165) is 66.0 Å². The lowest BCUT2D eigenvalue weighted by Crippen LogP contribution is -2.47. The van der Waals surface area contributed by atoms with Gasteiger partial charge in [-0.2, -0.15) is 0 Å². The van der Waals surface area contributed by atoms with E-state index in [-0.39, 0.29) is 23.8 Å². The summed E-state index contributed by atoms with van der Waals surface area (Å²) in [6.07, 6.45) is 3.74. The molecule has 254 valence electrons. The highest BCUT2D eigenvalue weighted by atomic mass is 35.5. The first-order chi connectivity index (χ1) is 22.9. The van der Waals surface area contributed by atoms with Gasteiger partial charge < -0.3 is 33.9 Å². The molecule has 0 spiro atoms. The average Bonchev–Trinajstić information content (AvgIpc) is 3.91. The smallest absolute Gasteiger partial charge is 0.228 e. The van der Waals surface area contributed by atoms with E-state index in [2.05, 4.69) is 40.5 Å². The van der Waals surface area contributed by atoms with Crippen LogP contribution in [0.5, 0.6) is 17.2 Å². The molecular formula is C37H46Cl2N2O6. The summed E-state index contributed by atoms with van der Waals surface area (Å²) in [6, 6.07) is 18.3. The first-order valence-electron chi connectivity index (χ1n) is 16.4. The van der Waals surface area contributed by atoms with Crippen molar-refractivity contribution in [1.82, 2.24) is 10.2 Å². The van der Waals surface area contributed by atoms with E-state index >= 15 is 0 Å². The molecule has 1 aliphatic heterocycles. The Balaban J connectivity index is 1.23. The molecule has 5 rings (SSSR count). The Morgan fingerprint density at radius 2 is 1.47 bits per heavy atom. The molecule has 2 aliphatic rings. The van der Waals surface area contributed by atoms with E-state index in [0.29, 0.717) is 61.9 Å².